The Morgan fingerprint density at radius 3 is 1.64 bits per heavy atom. The van der Waals surface area contributed by atoms with Gasteiger partial charge in [0.1, 0.15) is 17.0 Å². The molecule has 2 rings (SSSR count). The van der Waals surface area contributed by atoms with Crippen molar-refractivity contribution in [1.82, 2.24) is 9.97 Å². The minimum absolute atomic E-state index is 0.0425. The molecular weight excluding hydrogens is 768 g/mol. The summed E-state index contributed by atoms with van der Waals surface area (Å²) in [5.41, 5.74) is 5.03. The second-order valence-electron chi connectivity index (χ2n) is 6.48. The van der Waals surface area contributed by atoms with E-state index < -0.39 is 29.1 Å². The van der Waals surface area contributed by atoms with E-state index in [0.717, 1.165) is 11.3 Å². The van der Waals surface area contributed by atoms with Crippen LogP contribution in [0.4, 0.5) is 5.13 Å². The number of carbonyl (C=O) groups is 4. The minimum atomic E-state index is -0.896. The van der Waals surface area contributed by atoms with Crippen LogP contribution in [-0.2, 0) is 35.2 Å². The molecule has 12 nitrogen and oxygen atoms in total. The summed E-state index contributed by atoms with van der Waals surface area (Å²) in [6.07, 6.45) is 0. The number of thiazole rings is 2. The van der Waals surface area contributed by atoms with Crippen molar-refractivity contribution in [1.29, 1.82) is 0 Å². The average Bonchev–Trinajstić information content (AvgIpc) is 3.42. The number of esters is 2. The number of nitrogen functional groups attached to an aromatic ring is 1. The van der Waals surface area contributed by atoms with Gasteiger partial charge in [-0.05, 0) is 50.5 Å². The van der Waals surface area contributed by atoms with Gasteiger partial charge < -0.3 is 20.0 Å². The van der Waals surface area contributed by atoms with E-state index in [1.165, 1.54) is 33.4 Å². The molecule has 2 aromatic heterocycles. The normalized spacial score (nSPS) is 9.67. The molecule has 0 aliphatic rings. The van der Waals surface area contributed by atoms with Gasteiger partial charge in [-0.3, -0.25) is 9.59 Å². The van der Waals surface area contributed by atoms with Crippen molar-refractivity contribution in [2.24, 2.45) is 5.34 Å². The van der Waals surface area contributed by atoms with Crippen LogP contribution in [-0.4, -0.2) is 52.3 Å². The number of hydrogen-bond donors (Lipinski definition) is 1. The zero-order valence-electron chi connectivity index (χ0n) is 19.5. The Kier molecular flexibility index (Phi) is 21.2. The molecule has 2 N–H and O–H groups in total. The van der Waals surface area contributed by atoms with E-state index in [-0.39, 0.29) is 29.7 Å². The number of ketones is 2. The second-order valence-corrected chi connectivity index (χ2v) is 14.3. The summed E-state index contributed by atoms with van der Waals surface area (Å²) >= 11 is 12.8. The van der Waals surface area contributed by atoms with Crippen molar-refractivity contribution in [3.05, 3.63) is 31.0 Å². The molecule has 0 radical (unpaired) electrons. The molecule has 0 saturated heterocycles. The predicted molar refractivity (Wildman–Crippen MR) is 143 cm³/mol. The van der Waals surface area contributed by atoms with Crippen LogP contribution in [0, 0.1) is 4.91 Å². The van der Waals surface area contributed by atoms with E-state index in [0.29, 0.717) is 3.92 Å². The Hall–Kier alpha value is -1.30. The molecule has 0 unspecified atom stereocenters. The molecule has 18 heteroatoms. The second kappa shape index (κ2) is 20.7. The summed E-state index contributed by atoms with van der Waals surface area (Å²) in [5.74, 6) is -3.22. The summed E-state index contributed by atoms with van der Waals surface area (Å²) in [6, 6.07) is 0. The number of Topliss-reactive ketones (excluding diaryl/α,β-unsaturated/α-hetero) is 2. The van der Waals surface area contributed by atoms with Gasteiger partial charge in [0.05, 0.1) is 13.2 Å². The van der Waals surface area contributed by atoms with Crippen LogP contribution in [0.3, 0.4) is 0 Å². The zero-order chi connectivity index (χ0) is 28.3. The Morgan fingerprint density at radius 1 is 0.972 bits per heavy atom. The molecule has 0 saturated carbocycles. The standard InChI is InChI=1S/C7H6BrNO3S.C7H8N2O3S.C4H9NO2.2BrH.Cu/c2*1-2-12-6(11)5(10)4-3-13-7(8)9-4;1-4(2,3)7-5-6;;;/h3H,2H2,1H3;3H,2H2,1H3,(H2,8,9);1-3H3;2*1H;/q;;;;;+2/p-2. The molecule has 0 bridgehead atoms. The van der Waals surface area contributed by atoms with Crippen LogP contribution >= 0.6 is 66.8 Å². The number of nitrogens with two attached hydrogens (primary N) is 1. The third-order valence-corrected chi connectivity index (χ3v) is 4.74. The molecule has 2 heterocycles. The van der Waals surface area contributed by atoms with Gasteiger partial charge in [0.2, 0.25) is 0 Å². The van der Waals surface area contributed by atoms with E-state index in [4.69, 9.17) is 5.73 Å². The van der Waals surface area contributed by atoms with Crippen LogP contribution in [0.15, 0.2) is 20.0 Å². The Morgan fingerprint density at radius 2 is 1.39 bits per heavy atom. The number of halogens is 3. The number of aromatic nitrogens is 2. The number of hydrogen-bond acceptors (Lipinski definition) is 14. The summed E-state index contributed by atoms with van der Waals surface area (Å²) < 4.78 is 9.60. The van der Waals surface area contributed by atoms with Gasteiger partial charge in [-0.1, -0.05) is 0 Å². The fourth-order valence-electron chi connectivity index (χ4n) is 1.46. The SMILES string of the molecule is CC(C)(C)ON=O.CCOC(=O)C(=O)c1csc(Br)n1.CCOC(=O)C(=O)c1csc(N)n1.[Br][Cu][Br]. The molecule has 0 spiro atoms. The maximum absolute atomic E-state index is 11.2. The third-order valence-electron chi connectivity index (χ3n) is 2.70. The Labute approximate surface area is 244 Å². The number of anilines is 1. The van der Waals surface area contributed by atoms with Gasteiger partial charge in [0.25, 0.3) is 11.6 Å². The predicted octanol–water partition coefficient (Wildman–Crippen LogP) is 5.29. The Balaban J connectivity index is 0. The molecule has 207 valence electrons. The molecule has 36 heavy (non-hydrogen) atoms. The van der Waals surface area contributed by atoms with E-state index in [2.05, 4.69) is 73.8 Å². The van der Waals surface area contributed by atoms with Crippen molar-refractivity contribution < 1.29 is 44.8 Å². The van der Waals surface area contributed by atoms with E-state index in [1.54, 1.807) is 34.6 Å². The van der Waals surface area contributed by atoms with Crippen LogP contribution in [0.1, 0.15) is 55.6 Å². The van der Waals surface area contributed by atoms with Gasteiger partial charge in [-0.15, -0.1) is 27.6 Å². The first kappa shape index (κ1) is 36.9. The molecule has 0 fully saturated rings. The van der Waals surface area contributed by atoms with Crippen LogP contribution < -0.4 is 5.73 Å². The molecule has 0 atom stereocenters. The van der Waals surface area contributed by atoms with Crippen LogP contribution in [0.2, 0.25) is 0 Å². The van der Waals surface area contributed by atoms with Gasteiger partial charge in [-0.25, -0.2) is 19.6 Å². The quantitative estimate of drug-likeness (QED) is 0.0963. The van der Waals surface area contributed by atoms with Crippen molar-refractivity contribution in [3.63, 3.8) is 0 Å². The number of nitrogens with zero attached hydrogens (tertiary/aromatic N) is 3. The van der Waals surface area contributed by atoms with E-state index in [9.17, 15) is 24.1 Å². The van der Waals surface area contributed by atoms with E-state index in [1.807, 2.05) is 0 Å². The molecule has 0 amide bonds. The Bertz CT molecular complexity index is 919. The third kappa shape index (κ3) is 18.0. The van der Waals surface area contributed by atoms with Gasteiger partial charge in [0.15, 0.2) is 14.4 Å². The molecule has 0 aliphatic heterocycles. The van der Waals surface area contributed by atoms with Crippen molar-refractivity contribution in [2.45, 2.75) is 40.2 Å². The van der Waals surface area contributed by atoms with Crippen LogP contribution in [0.5, 0.6) is 0 Å². The number of ether oxygens (including phenoxy) is 2. The van der Waals surface area contributed by atoms with Crippen LogP contribution in [0.25, 0.3) is 0 Å². The van der Waals surface area contributed by atoms with Crippen molar-refractivity contribution >= 4 is 95.5 Å². The van der Waals surface area contributed by atoms with Gasteiger partial charge >= 0.3 is 51.5 Å². The molecule has 2 aromatic rings. The van der Waals surface area contributed by atoms with E-state index >= 15 is 0 Å². The van der Waals surface area contributed by atoms with Crippen molar-refractivity contribution in [3.8, 4) is 0 Å². The summed E-state index contributed by atoms with van der Waals surface area (Å²) in [6.45, 7) is 8.90. The first-order valence-electron chi connectivity index (χ1n) is 9.34. The molecule has 0 aromatic carbocycles. The number of carbonyl (C=O) groups excluding carboxylic acids is 4. The summed E-state index contributed by atoms with van der Waals surface area (Å²) in [4.78, 5) is 65.3. The average molecular weight is 791 g/mol. The first-order valence-corrected chi connectivity index (χ1v) is 16.6. The molecular formula is C18H23Br3CuN4O8S2. The maximum atomic E-state index is 11.2. The first-order chi connectivity index (χ1) is 16.8. The number of rotatable bonds is 7. The summed E-state index contributed by atoms with van der Waals surface area (Å²) in [7, 11) is 0. The zero-order valence-corrected chi connectivity index (χ0v) is 26.8. The van der Waals surface area contributed by atoms with Crippen molar-refractivity contribution in [2.75, 3.05) is 18.9 Å². The monoisotopic (exact) mass is 787 g/mol. The topological polar surface area (TPSA) is 177 Å². The summed E-state index contributed by atoms with van der Waals surface area (Å²) in [5, 5.41) is 5.44. The fraction of sp³-hybridized carbons (Fsp3) is 0.444. The van der Waals surface area contributed by atoms with Gasteiger partial charge in [0, 0.05) is 10.8 Å². The molecule has 0 aliphatic carbocycles. The van der Waals surface area contributed by atoms with Gasteiger partial charge in [-0.2, -0.15) is 0 Å². The fourth-order valence-corrected chi connectivity index (χ4v) is 3.00.